The molecule has 4 rings (SSSR count). The summed E-state index contributed by atoms with van der Waals surface area (Å²) in [4.78, 5) is 37.9. The maximum atomic E-state index is 12.8. The molecule has 2 aromatic carbocycles. The van der Waals surface area contributed by atoms with Gasteiger partial charge >= 0.3 is 5.97 Å². The Balaban J connectivity index is 1.80. The van der Waals surface area contributed by atoms with Crippen molar-refractivity contribution < 1.29 is 14.3 Å². The summed E-state index contributed by atoms with van der Waals surface area (Å²) >= 11 is 7.37. The van der Waals surface area contributed by atoms with Crippen molar-refractivity contribution in [3.8, 4) is 0 Å². The minimum Gasteiger partial charge on any atom is -0.465 e. The number of amides is 1. The summed E-state index contributed by atoms with van der Waals surface area (Å²) in [5.41, 5.74) is 2.44. The van der Waals surface area contributed by atoms with Gasteiger partial charge in [-0.25, -0.2) is 0 Å². The molecule has 29 heavy (non-hydrogen) atoms. The molecular formula is C20H15ClN4O3S. The highest BCUT2D eigenvalue weighted by Gasteiger charge is 2.13. The molecule has 0 radical (unpaired) electrons. The fraction of sp³-hybridized carbons (Fsp3) is 0.150. The number of esters is 1. The van der Waals surface area contributed by atoms with Crippen molar-refractivity contribution in [1.29, 1.82) is 0 Å². The molecule has 4 aromatic rings. The third-order valence-corrected chi connectivity index (χ3v) is 5.43. The van der Waals surface area contributed by atoms with Crippen molar-refractivity contribution in [1.82, 2.24) is 14.5 Å². The minimum absolute atomic E-state index is 0.0508. The zero-order chi connectivity index (χ0) is 20.4. The van der Waals surface area contributed by atoms with E-state index in [0.717, 1.165) is 10.2 Å². The second kappa shape index (κ2) is 8.10. The van der Waals surface area contributed by atoms with Crippen molar-refractivity contribution in [3.05, 3.63) is 64.2 Å². The number of hydrogen-bond acceptors (Lipinski definition) is 6. The fourth-order valence-electron chi connectivity index (χ4n) is 2.87. The molecule has 2 aromatic heterocycles. The van der Waals surface area contributed by atoms with Gasteiger partial charge in [0.2, 0.25) is 0 Å². The molecule has 146 valence electrons. The maximum absolute atomic E-state index is 12.8. The van der Waals surface area contributed by atoms with Crippen LogP contribution in [0.4, 0.5) is 0 Å². The van der Waals surface area contributed by atoms with Crippen LogP contribution in [0.2, 0.25) is 5.02 Å². The number of carbonyl (C=O) groups is 2. The zero-order valence-corrected chi connectivity index (χ0v) is 16.9. The minimum atomic E-state index is -0.437. The van der Waals surface area contributed by atoms with E-state index in [1.165, 1.54) is 11.3 Å². The molecule has 0 aliphatic carbocycles. The topological polar surface area (TPSA) is 86.4 Å². The molecule has 0 atom stereocenters. The van der Waals surface area contributed by atoms with Gasteiger partial charge in [0.15, 0.2) is 4.80 Å². The Bertz CT molecular complexity index is 1310. The number of rotatable bonds is 4. The predicted octanol–water partition coefficient (Wildman–Crippen LogP) is 3.60. The fourth-order valence-corrected chi connectivity index (χ4v) is 4.17. The van der Waals surface area contributed by atoms with Gasteiger partial charge in [-0.2, -0.15) is 4.99 Å². The molecule has 0 N–H and O–H groups in total. The molecule has 0 aliphatic heterocycles. The van der Waals surface area contributed by atoms with E-state index in [0.29, 0.717) is 26.4 Å². The van der Waals surface area contributed by atoms with Gasteiger partial charge in [0, 0.05) is 23.0 Å². The van der Waals surface area contributed by atoms with Crippen molar-refractivity contribution in [2.45, 2.75) is 13.5 Å². The van der Waals surface area contributed by atoms with Crippen molar-refractivity contribution in [2.75, 3.05) is 6.61 Å². The first-order valence-corrected chi connectivity index (χ1v) is 9.99. The van der Waals surface area contributed by atoms with Crippen LogP contribution < -0.4 is 4.80 Å². The lowest BCUT2D eigenvalue weighted by Crippen LogP contribution is -2.23. The van der Waals surface area contributed by atoms with Crippen molar-refractivity contribution in [3.63, 3.8) is 0 Å². The average Bonchev–Trinajstić information content (AvgIpc) is 3.03. The normalized spacial score (nSPS) is 11.9. The molecule has 2 heterocycles. The first kappa shape index (κ1) is 19.2. The predicted molar refractivity (Wildman–Crippen MR) is 111 cm³/mol. The Kier molecular flexibility index (Phi) is 5.37. The molecule has 1 amide bonds. The molecule has 0 spiro atoms. The third-order valence-electron chi connectivity index (χ3n) is 4.15. The van der Waals surface area contributed by atoms with E-state index < -0.39 is 11.9 Å². The van der Waals surface area contributed by atoms with Gasteiger partial charge in [0.1, 0.15) is 6.54 Å². The third kappa shape index (κ3) is 4.03. The number of benzene rings is 2. The molecule has 7 nitrogen and oxygen atoms in total. The van der Waals surface area contributed by atoms with Crippen LogP contribution in [0.15, 0.2) is 53.8 Å². The smallest absolute Gasteiger partial charge is 0.326 e. The first-order valence-electron chi connectivity index (χ1n) is 8.79. The number of carbonyl (C=O) groups excluding carboxylic acids is 2. The summed E-state index contributed by atoms with van der Waals surface area (Å²) in [6.45, 7) is 1.97. The van der Waals surface area contributed by atoms with E-state index in [-0.39, 0.29) is 13.2 Å². The van der Waals surface area contributed by atoms with Crippen LogP contribution in [0.3, 0.4) is 0 Å². The van der Waals surface area contributed by atoms with Gasteiger partial charge in [-0.05, 0) is 43.3 Å². The van der Waals surface area contributed by atoms with Gasteiger partial charge in [-0.1, -0.05) is 22.9 Å². The van der Waals surface area contributed by atoms with Crippen LogP contribution in [0, 0.1) is 0 Å². The molecule has 9 heteroatoms. The largest absolute Gasteiger partial charge is 0.465 e. The lowest BCUT2D eigenvalue weighted by atomic mass is 10.2. The summed E-state index contributed by atoms with van der Waals surface area (Å²) in [5.74, 6) is -0.843. The van der Waals surface area contributed by atoms with E-state index in [1.807, 2.05) is 0 Å². The van der Waals surface area contributed by atoms with E-state index in [1.54, 1.807) is 60.3 Å². The highest BCUT2D eigenvalue weighted by molar-refractivity contribution is 7.16. The second-order valence-corrected chi connectivity index (χ2v) is 7.51. The van der Waals surface area contributed by atoms with Crippen LogP contribution in [-0.2, 0) is 16.1 Å². The van der Waals surface area contributed by atoms with Gasteiger partial charge in [0.25, 0.3) is 5.91 Å². The summed E-state index contributed by atoms with van der Waals surface area (Å²) in [5, 5.41) is 0.563. The van der Waals surface area contributed by atoms with Crippen molar-refractivity contribution in [2.24, 2.45) is 4.99 Å². The molecule has 0 saturated carbocycles. The molecule has 0 aliphatic rings. The van der Waals surface area contributed by atoms with Crippen LogP contribution in [-0.4, -0.2) is 33.0 Å². The highest BCUT2D eigenvalue weighted by Crippen LogP contribution is 2.22. The standard InChI is InChI=1S/C20H15ClN4O3S/c1-2-28-18(26)11-25-16-6-4-13(21)10-17(16)29-20(25)24-19(27)12-3-5-14-15(9-12)23-8-7-22-14/h3-10H,2,11H2,1H3. The SMILES string of the molecule is CCOC(=O)Cn1c(=NC(=O)c2ccc3nccnc3c2)sc2cc(Cl)ccc21. The summed E-state index contributed by atoms with van der Waals surface area (Å²) < 4.78 is 7.53. The molecule has 0 bridgehead atoms. The van der Waals surface area contributed by atoms with Gasteiger partial charge < -0.3 is 9.30 Å². The van der Waals surface area contributed by atoms with Crippen molar-refractivity contribution >= 4 is 56.1 Å². The second-order valence-electron chi connectivity index (χ2n) is 6.06. The summed E-state index contributed by atoms with van der Waals surface area (Å²) in [7, 11) is 0. The molecule has 0 fully saturated rings. The van der Waals surface area contributed by atoms with Gasteiger partial charge in [-0.15, -0.1) is 0 Å². The monoisotopic (exact) mass is 426 g/mol. The Morgan fingerprint density at radius 3 is 2.72 bits per heavy atom. The Labute approximate surface area is 174 Å². The Morgan fingerprint density at radius 1 is 1.14 bits per heavy atom. The van der Waals surface area contributed by atoms with E-state index in [9.17, 15) is 9.59 Å². The number of hydrogen-bond donors (Lipinski definition) is 0. The van der Waals surface area contributed by atoms with Crippen LogP contribution >= 0.6 is 22.9 Å². The molecule has 0 saturated heterocycles. The number of thiazole rings is 1. The van der Waals surface area contributed by atoms with Crippen LogP contribution in [0.25, 0.3) is 21.3 Å². The van der Waals surface area contributed by atoms with E-state index in [4.69, 9.17) is 16.3 Å². The number of ether oxygens (including phenoxy) is 1. The van der Waals surface area contributed by atoms with Crippen LogP contribution in [0.1, 0.15) is 17.3 Å². The van der Waals surface area contributed by atoms with Crippen LogP contribution in [0.5, 0.6) is 0 Å². The number of nitrogens with zero attached hydrogens (tertiary/aromatic N) is 4. The summed E-state index contributed by atoms with van der Waals surface area (Å²) in [6, 6.07) is 10.3. The zero-order valence-electron chi connectivity index (χ0n) is 15.3. The Morgan fingerprint density at radius 2 is 1.93 bits per heavy atom. The Hall–Kier alpha value is -3.10. The lowest BCUT2D eigenvalue weighted by molar-refractivity contribution is -0.143. The first-order chi connectivity index (χ1) is 14.0. The lowest BCUT2D eigenvalue weighted by Gasteiger charge is -2.05. The molecular weight excluding hydrogens is 412 g/mol. The maximum Gasteiger partial charge on any atom is 0.326 e. The quantitative estimate of drug-likeness (QED) is 0.465. The van der Waals surface area contributed by atoms with Gasteiger partial charge in [-0.3, -0.25) is 19.6 Å². The average molecular weight is 427 g/mol. The molecule has 0 unspecified atom stereocenters. The number of halogens is 1. The number of fused-ring (bicyclic) bond motifs is 2. The highest BCUT2D eigenvalue weighted by atomic mass is 35.5. The van der Waals surface area contributed by atoms with Gasteiger partial charge in [0.05, 0.1) is 27.9 Å². The van der Waals surface area contributed by atoms with E-state index in [2.05, 4.69) is 15.0 Å². The van der Waals surface area contributed by atoms with E-state index >= 15 is 0 Å². The summed E-state index contributed by atoms with van der Waals surface area (Å²) in [6.07, 6.45) is 3.16. The number of aromatic nitrogens is 3.